The molecule has 1 fully saturated rings. The first-order valence-corrected chi connectivity index (χ1v) is 11.2. The highest BCUT2D eigenvalue weighted by Crippen LogP contribution is 2.45. The van der Waals surface area contributed by atoms with Gasteiger partial charge in [0.2, 0.25) is 5.78 Å². The minimum atomic E-state index is -0.143. The number of rotatable bonds is 2. The van der Waals surface area contributed by atoms with Gasteiger partial charge in [0.15, 0.2) is 5.76 Å². The van der Waals surface area contributed by atoms with Gasteiger partial charge in [-0.25, -0.2) is 0 Å². The smallest absolute Gasteiger partial charge is 0.232 e. The molecular weight excluding hydrogens is 421 g/mol. The maximum atomic E-state index is 13.2. The third kappa shape index (κ3) is 3.41. The van der Waals surface area contributed by atoms with Crippen LogP contribution in [-0.4, -0.2) is 23.5 Å². The molecule has 0 amide bonds. The fourth-order valence-electron chi connectivity index (χ4n) is 4.71. The summed E-state index contributed by atoms with van der Waals surface area (Å²) in [6, 6.07) is 7.75. The fraction of sp³-hybridized carbons (Fsp3) is 0.375. The number of nitrogens with zero attached hydrogens (tertiary/aromatic N) is 1. The van der Waals surface area contributed by atoms with Crippen molar-refractivity contribution in [2.24, 2.45) is 0 Å². The zero-order valence-corrected chi connectivity index (χ0v) is 18.4. The molecule has 0 spiro atoms. The number of hydrogen-bond donors (Lipinski definition) is 0. The summed E-state index contributed by atoms with van der Waals surface area (Å²) in [5, 5.41) is 0.959. The van der Waals surface area contributed by atoms with Crippen LogP contribution in [0, 0.1) is 6.92 Å². The highest BCUT2D eigenvalue weighted by atomic mass is 35.5. The quantitative estimate of drug-likeness (QED) is 0.503. The van der Waals surface area contributed by atoms with E-state index in [-0.39, 0.29) is 11.5 Å². The Labute approximate surface area is 186 Å². The zero-order valence-electron chi connectivity index (χ0n) is 16.8. The van der Waals surface area contributed by atoms with Crippen LogP contribution in [0.25, 0.3) is 6.08 Å². The largest absolute Gasteiger partial charge is 0.478 e. The Bertz CT molecular complexity index is 1040. The van der Waals surface area contributed by atoms with Gasteiger partial charge in [0, 0.05) is 28.2 Å². The summed E-state index contributed by atoms with van der Waals surface area (Å²) in [6.45, 7) is 3.24. The molecule has 0 radical (unpaired) electrons. The van der Waals surface area contributed by atoms with Crippen molar-refractivity contribution in [2.75, 3.05) is 6.73 Å². The van der Waals surface area contributed by atoms with Gasteiger partial charge >= 0.3 is 0 Å². The second-order valence-corrected chi connectivity index (χ2v) is 9.08. The minimum Gasteiger partial charge on any atom is -0.478 e. The number of fused-ring (bicyclic) bond motifs is 3. The molecule has 2 heterocycles. The van der Waals surface area contributed by atoms with E-state index in [0.29, 0.717) is 39.7 Å². The van der Waals surface area contributed by atoms with Gasteiger partial charge in [-0.05, 0) is 49.6 Å². The van der Waals surface area contributed by atoms with E-state index in [4.69, 9.17) is 32.7 Å². The first kappa shape index (κ1) is 19.9. The van der Waals surface area contributed by atoms with E-state index in [1.54, 1.807) is 24.3 Å². The van der Waals surface area contributed by atoms with E-state index in [9.17, 15) is 4.79 Å². The molecule has 0 aromatic heterocycles. The molecule has 5 rings (SSSR count). The standard InChI is InChI=1S/C24H23Cl2NO3/c1-14-10-20-17(12-27(13-29-20)15-6-3-2-4-7-15)24-22(14)23(28)21(30-24)11-16-18(25)8-5-9-19(16)26/h5,8-11,15H,2-4,6-7,12-13H2,1H3/b21-11-. The number of ketones is 1. The summed E-state index contributed by atoms with van der Waals surface area (Å²) in [5.41, 5.74) is 3.00. The van der Waals surface area contributed by atoms with E-state index in [1.165, 1.54) is 32.1 Å². The van der Waals surface area contributed by atoms with Crippen LogP contribution < -0.4 is 9.47 Å². The Balaban J connectivity index is 1.52. The van der Waals surface area contributed by atoms with Crippen molar-refractivity contribution in [3.05, 3.63) is 62.3 Å². The van der Waals surface area contributed by atoms with Gasteiger partial charge < -0.3 is 9.47 Å². The minimum absolute atomic E-state index is 0.143. The molecule has 6 heteroatoms. The van der Waals surface area contributed by atoms with Gasteiger partial charge in [-0.2, -0.15) is 0 Å². The second-order valence-electron chi connectivity index (χ2n) is 8.26. The molecule has 2 aromatic carbocycles. The molecule has 1 aliphatic carbocycles. The molecule has 0 N–H and O–H groups in total. The molecule has 0 bridgehead atoms. The van der Waals surface area contributed by atoms with Gasteiger partial charge in [0.1, 0.15) is 18.2 Å². The van der Waals surface area contributed by atoms with Crippen LogP contribution in [0.15, 0.2) is 30.0 Å². The average molecular weight is 444 g/mol. The second kappa shape index (κ2) is 7.92. The van der Waals surface area contributed by atoms with E-state index in [0.717, 1.165) is 23.4 Å². The van der Waals surface area contributed by atoms with Crippen LogP contribution in [0.5, 0.6) is 11.5 Å². The summed E-state index contributed by atoms with van der Waals surface area (Å²) in [5.74, 6) is 1.52. The van der Waals surface area contributed by atoms with Gasteiger partial charge in [-0.1, -0.05) is 48.5 Å². The van der Waals surface area contributed by atoms with Crippen molar-refractivity contribution < 1.29 is 14.3 Å². The van der Waals surface area contributed by atoms with Crippen LogP contribution in [-0.2, 0) is 6.54 Å². The molecule has 30 heavy (non-hydrogen) atoms. The molecule has 0 unspecified atom stereocenters. The molecule has 1 saturated carbocycles. The summed E-state index contributed by atoms with van der Waals surface area (Å²) in [6.07, 6.45) is 7.88. The van der Waals surface area contributed by atoms with Crippen molar-refractivity contribution in [1.29, 1.82) is 0 Å². The fourth-order valence-corrected chi connectivity index (χ4v) is 5.21. The van der Waals surface area contributed by atoms with Crippen LogP contribution in [0.3, 0.4) is 0 Å². The Morgan fingerprint density at radius 3 is 2.60 bits per heavy atom. The highest BCUT2D eigenvalue weighted by molar-refractivity contribution is 6.37. The topological polar surface area (TPSA) is 38.8 Å². The lowest BCUT2D eigenvalue weighted by Gasteiger charge is -2.37. The number of allylic oxidation sites excluding steroid dienone is 1. The van der Waals surface area contributed by atoms with E-state index < -0.39 is 0 Å². The maximum Gasteiger partial charge on any atom is 0.232 e. The lowest BCUT2D eigenvalue weighted by molar-refractivity contribution is 0.0393. The first-order chi connectivity index (χ1) is 14.5. The number of carbonyl (C=O) groups excluding carboxylic acids is 1. The number of hydrogen-bond acceptors (Lipinski definition) is 4. The van der Waals surface area contributed by atoms with Crippen molar-refractivity contribution in [3.8, 4) is 11.5 Å². The predicted octanol–water partition coefficient (Wildman–Crippen LogP) is 6.40. The molecule has 0 atom stereocenters. The van der Waals surface area contributed by atoms with Crippen LogP contribution in [0.1, 0.15) is 59.2 Å². The normalized spacial score (nSPS) is 20.6. The predicted molar refractivity (Wildman–Crippen MR) is 118 cm³/mol. The summed E-state index contributed by atoms with van der Waals surface area (Å²) >= 11 is 12.6. The molecule has 2 aromatic rings. The van der Waals surface area contributed by atoms with Crippen molar-refractivity contribution >= 4 is 35.1 Å². The van der Waals surface area contributed by atoms with E-state index >= 15 is 0 Å². The Kier molecular flexibility index (Phi) is 5.26. The van der Waals surface area contributed by atoms with Gasteiger partial charge in [0.25, 0.3) is 0 Å². The van der Waals surface area contributed by atoms with Gasteiger partial charge in [0.05, 0.1) is 11.1 Å². The molecule has 4 nitrogen and oxygen atoms in total. The number of aryl methyl sites for hydroxylation is 1. The first-order valence-electron chi connectivity index (χ1n) is 10.4. The number of benzene rings is 2. The monoisotopic (exact) mass is 443 g/mol. The average Bonchev–Trinajstić information content (AvgIpc) is 3.08. The lowest BCUT2D eigenvalue weighted by Crippen LogP contribution is -2.41. The number of halogens is 2. The molecule has 3 aliphatic rings. The number of ether oxygens (including phenoxy) is 2. The number of Topliss-reactive ketones (excluding diaryl/α,β-unsaturated/α-hetero) is 1. The van der Waals surface area contributed by atoms with Crippen LogP contribution >= 0.6 is 23.2 Å². The SMILES string of the molecule is Cc1cc2c(c3c1C(=O)/C(=C/c1c(Cl)cccc1Cl)O3)CN(C1CCCCC1)CO2. The van der Waals surface area contributed by atoms with Gasteiger partial charge in [-0.15, -0.1) is 0 Å². The van der Waals surface area contributed by atoms with E-state index in [2.05, 4.69) is 4.90 Å². The Morgan fingerprint density at radius 2 is 1.87 bits per heavy atom. The Morgan fingerprint density at radius 1 is 1.13 bits per heavy atom. The number of carbonyl (C=O) groups is 1. The summed E-state index contributed by atoms with van der Waals surface area (Å²) in [7, 11) is 0. The zero-order chi connectivity index (χ0) is 20.8. The van der Waals surface area contributed by atoms with Crippen LogP contribution in [0.2, 0.25) is 10.0 Å². The van der Waals surface area contributed by atoms with Crippen molar-refractivity contribution in [3.63, 3.8) is 0 Å². The van der Waals surface area contributed by atoms with Crippen LogP contribution in [0.4, 0.5) is 0 Å². The lowest BCUT2D eigenvalue weighted by atomic mass is 9.93. The highest BCUT2D eigenvalue weighted by Gasteiger charge is 2.37. The third-order valence-electron chi connectivity index (χ3n) is 6.32. The maximum absolute atomic E-state index is 13.2. The summed E-state index contributed by atoms with van der Waals surface area (Å²) < 4.78 is 12.2. The van der Waals surface area contributed by atoms with Crippen molar-refractivity contribution in [2.45, 2.75) is 51.6 Å². The summed E-state index contributed by atoms with van der Waals surface area (Å²) in [4.78, 5) is 15.6. The third-order valence-corrected chi connectivity index (χ3v) is 6.98. The molecule has 2 aliphatic heterocycles. The van der Waals surface area contributed by atoms with Crippen molar-refractivity contribution in [1.82, 2.24) is 4.90 Å². The molecule has 0 saturated heterocycles. The van der Waals surface area contributed by atoms with E-state index in [1.807, 2.05) is 13.0 Å². The van der Waals surface area contributed by atoms with Gasteiger partial charge in [-0.3, -0.25) is 9.69 Å². The molecule has 156 valence electrons. The molecular formula is C24H23Cl2NO3. The Hall–Kier alpha value is -2.01.